The van der Waals surface area contributed by atoms with Crippen molar-refractivity contribution in [2.75, 3.05) is 64.6 Å². The highest BCUT2D eigenvalue weighted by molar-refractivity contribution is 5.95. The van der Waals surface area contributed by atoms with Crippen molar-refractivity contribution in [2.45, 2.75) is 51.9 Å². The molecule has 250 valence electrons. The summed E-state index contributed by atoms with van der Waals surface area (Å²) >= 11 is 0. The lowest BCUT2D eigenvalue weighted by molar-refractivity contribution is 0.108. The smallest absolute Gasteiger partial charge is 0.150 e. The van der Waals surface area contributed by atoms with Crippen LogP contribution in [-0.4, -0.2) is 99.7 Å². The van der Waals surface area contributed by atoms with Gasteiger partial charge in [-0.1, -0.05) is 37.3 Å². The van der Waals surface area contributed by atoms with E-state index >= 15 is 0 Å². The first-order valence-corrected chi connectivity index (χ1v) is 16.0. The number of fused-ring (bicyclic) bond motifs is 1. The third-order valence-corrected chi connectivity index (χ3v) is 8.36. The number of carbonyl (C=O) groups excluding carboxylic acids is 2. The molecule has 1 unspecified atom stereocenters. The highest BCUT2D eigenvalue weighted by Crippen LogP contribution is 2.34. The zero-order valence-electron chi connectivity index (χ0n) is 28.2. The normalized spacial score (nSPS) is 16.3. The van der Waals surface area contributed by atoms with E-state index in [-0.39, 0.29) is 19.3 Å². The predicted octanol–water partition coefficient (Wildman–Crippen LogP) is 4.33. The lowest BCUT2D eigenvalue weighted by atomic mass is 10.0. The van der Waals surface area contributed by atoms with Crippen LogP contribution in [0.4, 0.5) is 11.4 Å². The maximum absolute atomic E-state index is 11.3. The van der Waals surface area contributed by atoms with E-state index < -0.39 is 6.10 Å². The number of hydrogen-bond acceptors (Lipinski definition) is 10. The second-order valence-corrected chi connectivity index (χ2v) is 11.9. The van der Waals surface area contributed by atoms with Crippen LogP contribution < -0.4 is 26.0 Å². The molecule has 0 radical (unpaired) electrons. The summed E-state index contributed by atoms with van der Waals surface area (Å²) in [6.45, 7) is 14.4. The molecule has 0 amide bonds. The minimum absolute atomic E-state index is 0.137. The van der Waals surface area contributed by atoms with Gasteiger partial charge in [0.25, 0.3) is 0 Å². The average molecular weight is 633 g/mol. The first-order chi connectivity index (χ1) is 22.1. The van der Waals surface area contributed by atoms with E-state index in [0.29, 0.717) is 35.1 Å². The molecule has 0 spiro atoms. The van der Waals surface area contributed by atoms with Gasteiger partial charge in [-0.25, -0.2) is 0 Å². The Morgan fingerprint density at radius 2 is 1.74 bits per heavy atom. The number of aliphatic hydroxyl groups is 1. The van der Waals surface area contributed by atoms with Crippen LogP contribution in [0.15, 0.2) is 66.5 Å². The minimum atomic E-state index is -0.758. The molecule has 46 heavy (non-hydrogen) atoms. The molecular weight excluding hydrogens is 580 g/mol. The van der Waals surface area contributed by atoms with Gasteiger partial charge in [-0.3, -0.25) is 9.59 Å². The molecule has 2 aliphatic rings. The van der Waals surface area contributed by atoms with Crippen LogP contribution in [0, 0.1) is 13.8 Å². The van der Waals surface area contributed by atoms with Crippen molar-refractivity contribution in [3.8, 4) is 5.75 Å². The highest BCUT2D eigenvalue weighted by Gasteiger charge is 2.25. The number of carbonyl (C=O) groups is 2. The maximum atomic E-state index is 11.3. The van der Waals surface area contributed by atoms with Gasteiger partial charge in [0.2, 0.25) is 0 Å². The van der Waals surface area contributed by atoms with Crippen molar-refractivity contribution >= 4 is 23.9 Å². The van der Waals surface area contributed by atoms with Crippen molar-refractivity contribution < 1.29 is 19.4 Å². The first kappa shape index (κ1) is 36.3. The quantitative estimate of drug-likeness (QED) is 0.152. The largest absolute Gasteiger partial charge is 0.491 e. The number of ether oxygens (including phenoxy) is 1. The van der Waals surface area contributed by atoms with E-state index in [2.05, 4.69) is 58.7 Å². The lowest BCUT2D eigenvalue weighted by Crippen LogP contribution is -2.41. The molecule has 0 aromatic heterocycles. The first-order valence-electron chi connectivity index (χ1n) is 16.0. The Bertz CT molecular complexity index is 1340. The molecule has 4 rings (SSSR count). The molecule has 5 N–H and O–H groups in total. The number of aldehydes is 2. The van der Waals surface area contributed by atoms with E-state index in [9.17, 15) is 14.7 Å². The Labute approximate surface area is 274 Å². The van der Waals surface area contributed by atoms with Crippen molar-refractivity contribution in [3.63, 3.8) is 0 Å². The molecular formula is C36H52N6O4. The van der Waals surface area contributed by atoms with Crippen molar-refractivity contribution in [3.05, 3.63) is 88.8 Å². The molecule has 1 saturated heterocycles. The Morgan fingerprint density at radius 1 is 1.11 bits per heavy atom. The van der Waals surface area contributed by atoms with Crippen molar-refractivity contribution in [1.29, 1.82) is 0 Å². The van der Waals surface area contributed by atoms with Gasteiger partial charge in [0, 0.05) is 42.0 Å². The number of likely N-dealkylation sites (tertiary alicyclic amines) is 1. The van der Waals surface area contributed by atoms with Crippen LogP contribution in [0.1, 0.15) is 51.6 Å². The van der Waals surface area contributed by atoms with Crippen LogP contribution in [-0.2, 0) is 0 Å². The molecule has 1 fully saturated rings. The number of rotatable bonds is 14. The summed E-state index contributed by atoms with van der Waals surface area (Å²) in [5, 5.41) is 23.4. The van der Waals surface area contributed by atoms with Gasteiger partial charge in [-0.2, -0.15) is 0 Å². The molecule has 10 nitrogen and oxygen atoms in total. The van der Waals surface area contributed by atoms with Gasteiger partial charge in [0.15, 0.2) is 12.6 Å². The number of hydrogen-bond donors (Lipinski definition) is 5. The molecule has 2 aromatic carbocycles. The summed E-state index contributed by atoms with van der Waals surface area (Å²) < 4.78 is 5.80. The van der Waals surface area contributed by atoms with Crippen LogP contribution in [0.2, 0.25) is 0 Å². The predicted molar refractivity (Wildman–Crippen MR) is 188 cm³/mol. The zero-order chi connectivity index (χ0) is 33.6. The van der Waals surface area contributed by atoms with E-state index in [1.54, 1.807) is 31.5 Å². The third-order valence-electron chi connectivity index (χ3n) is 8.36. The second kappa shape index (κ2) is 18.1. The molecule has 2 heterocycles. The fraction of sp³-hybridized carbons (Fsp3) is 0.444. The van der Waals surface area contributed by atoms with E-state index in [4.69, 9.17) is 4.74 Å². The van der Waals surface area contributed by atoms with Crippen LogP contribution in [0.5, 0.6) is 5.75 Å². The summed E-state index contributed by atoms with van der Waals surface area (Å²) in [6, 6.07) is 10.0. The molecule has 10 heteroatoms. The number of anilines is 2. The average Bonchev–Trinajstić information content (AvgIpc) is 3.47. The maximum Gasteiger partial charge on any atom is 0.150 e. The standard InChI is InChI=1S/C27H32N4O4.C9H20N2/c1-5-22(27-30-24-11-19(14-32)20(15-33)12-25(24)31-27)23(8-9-28-4)29-13-21(34)16-35-26-7-6-17(2)10-18(26)3;1-4-11-7-5-9(6-8-11)10(2)3/h5-12,14-15,21,27-31,34H,1,13,16H2,2-4H3;9H,4-8H2,1-3H3/b9-8-,23-22-;. The topological polar surface area (TPSA) is 118 Å². The van der Waals surface area contributed by atoms with Crippen molar-refractivity contribution in [2.24, 2.45) is 0 Å². The van der Waals surface area contributed by atoms with E-state index in [0.717, 1.165) is 34.2 Å². The number of nitrogens with zero attached hydrogens (tertiary/aromatic N) is 2. The van der Waals surface area contributed by atoms with Gasteiger partial charge in [0.05, 0.1) is 11.4 Å². The summed E-state index contributed by atoms with van der Waals surface area (Å²) in [5.41, 5.74) is 5.74. The summed E-state index contributed by atoms with van der Waals surface area (Å²) in [7, 11) is 6.16. The minimum Gasteiger partial charge on any atom is -0.491 e. The Hall–Kier alpha value is -4.12. The molecule has 2 aromatic rings. The number of benzene rings is 2. The Morgan fingerprint density at radius 3 is 2.24 bits per heavy atom. The van der Waals surface area contributed by atoms with Gasteiger partial charge in [-0.15, -0.1) is 0 Å². The fourth-order valence-corrected chi connectivity index (χ4v) is 5.57. The van der Waals surface area contributed by atoms with Gasteiger partial charge in [-0.05, 0) is 96.5 Å². The van der Waals surface area contributed by atoms with Gasteiger partial charge >= 0.3 is 0 Å². The SMILES string of the molecule is C=C/C(=C(\C=C/NC)NCC(O)COc1ccc(C)cc1C)C1Nc2cc(C=O)c(C=O)cc2N1.CCN1CCC(N(C)C)CC1. The van der Waals surface area contributed by atoms with E-state index in [1.807, 2.05) is 38.1 Å². The molecule has 0 bridgehead atoms. The Kier molecular flexibility index (Phi) is 14.3. The second-order valence-electron chi connectivity index (χ2n) is 11.9. The van der Waals surface area contributed by atoms with Crippen molar-refractivity contribution in [1.82, 2.24) is 20.4 Å². The third kappa shape index (κ3) is 10.2. The fourth-order valence-electron chi connectivity index (χ4n) is 5.57. The molecule has 2 aliphatic heterocycles. The number of piperidine rings is 1. The molecule has 0 aliphatic carbocycles. The zero-order valence-corrected chi connectivity index (χ0v) is 28.2. The number of allylic oxidation sites excluding steroid dienone is 1. The monoisotopic (exact) mass is 632 g/mol. The summed E-state index contributed by atoms with van der Waals surface area (Å²) in [5.74, 6) is 0.744. The van der Waals surface area contributed by atoms with Crippen LogP contribution >= 0.6 is 0 Å². The van der Waals surface area contributed by atoms with Gasteiger partial charge < -0.3 is 40.9 Å². The molecule has 0 saturated carbocycles. The van der Waals surface area contributed by atoms with Crippen LogP contribution in [0.3, 0.4) is 0 Å². The number of nitrogens with one attached hydrogen (secondary N) is 4. The van der Waals surface area contributed by atoms with Crippen LogP contribution in [0.25, 0.3) is 0 Å². The highest BCUT2D eigenvalue weighted by atomic mass is 16.5. The van der Waals surface area contributed by atoms with Gasteiger partial charge in [0.1, 0.15) is 24.6 Å². The summed E-state index contributed by atoms with van der Waals surface area (Å²) in [6.07, 6.45) is 8.21. The summed E-state index contributed by atoms with van der Waals surface area (Å²) in [4.78, 5) is 27.5. The molecule has 1 atom stereocenters. The number of aliphatic hydroxyl groups excluding tert-OH is 1. The Balaban J connectivity index is 0.000000441. The number of aryl methyl sites for hydroxylation is 2. The lowest BCUT2D eigenvalue weighted by Gasteiger charge is -2.34. The van der Waals surface area contributed by atoms with E-state index in [1.165, 1.54) is 32.5 Å².